The SMILES string of the molecule is C=C[C@]1(C(=O)N[C@@H]2CO[C@H](C(=O)NC3CC3)C2)CC(c2cc(F)cc(F)c2)=NO1. The first-order chi connectivity index (χ1) is 13.9. The lowest BCUT2D eigenvalue weighted by Crippen LogP contribution is -2.49. The third-order valence-electron chi connectivity index (χ3n) is 5.21. The molecule has 0 bridgehead atoms. The Bertz CT molecular complexity index is 866. The molecule has 1 saturated heterocycles. The first-order valence-electron chi connectivity index (χ1n) is 9.46. The summed E-state index contributed by atoms with van der Waals surface area (Å²) in [4.78, 5) is 30.3. The molecular weight excluding hydrogens is 384 g/mol. The Morgan fingerprint density at radius 3 is 2.55 bits per heavy atom. The number of halogens is 2. The Morgan fingerprint density at radius 1 is 1.17 bits per heavy atom. The van der Waals surface area contributed by atoms with E-state index in [1.54, 1.807) is 0 Å². The standard InChI is InChI=1S/C20H21F2N3O4/c1-2-20(9-16(25-29-20)11-5-12(21)7-13(22)6-11)19(27)24-15-8-17(28-10-15)18(26)23-14-3-4-14/h2,5-7,14-15,17H,1,3-4,8-10H2,(H,23,26)(H,24,27)/t15-,17-,20+/m0/s1. The second-order valence-electron chi connectivity index (χ2n) is 7.57. The van der Waals surface area contributed by atoms with Crippen LogP contribution in [0.25, 0.3) is 0 Å². The average molecular weight is 405 g/mol. The molecule has 2 aliphatic heterocycles. The molecule has 154 valence electrons. The maximum Gasteiger partial charge on any atom is 0.271 e. The molecule has 1 aliphatic carbocycles. The van der Waals surface area contributed by atoms with E-state index in [-0.39, 0.29) is 42.3 Å². The van der Waals surface area contributed by atoms with Crippen molar-refractivity contribution in [2.45, 2.75) is 49.5 Å². The second kappa shape index (κ2) is 7.55. The van der Waals surface area contributed by atoms with Crippen molar-refractivity contribution in [1.29, 1.82) is 0 Å². The molecule has 1 aromatic rings. The molecular formula is C20H21F2N3O4. The van der Waals surface area contributed by atoms with E-state index in [9.17, 15) is 18.4 Å². The predicted octanol–water partition coefficient (Wildman–Crippen LogP) is 1.57. The summed E-state index contributed by atoms with van der Waals surface area (Å²) in [6, 6.07) is 2.86. The van der Waals surface area contributed by atoms with Gasteiger partial charge in [-0.3, -0.25) is 9.59 Å². The average Bonchev–Trinajstić information content (AvgIpc) is 3.19. The molecule has 0 aromatic heterocycles. The number of nitrogens with zero attached hydrogens (tertiary/aromatic N) is 1. The van der Waals surface area contributed by atoms with Crippen LogP contribution in [-0.4, -0.2) is 47.9 Å². The van der Waals surface area contributed by atoms with E-state index in [0.29, 0.717) is 6.42 Å². The topological polar surface area (TPSA) is 89.0 Å². The fourth-order valence-electron chi connectivity index (χ4n) is 3.39. The number of amides is 2. The number of hydrogen-bond donors (Lipinski definition) is 2. The lowest BCUT2D eigenvalue weighted by atomic mass is 9.92. The van der Waals surface area contributed by atoms with Gasteiger partial charge in [0.2, 0.25) is 11.5 Å². The van der Waals surface area contributed by atoms with Crippen molar-refractivity contribution in [3.05, 3.63) is 48.1 Å². The summed E-state index contributed by atoms with van der Waals surface area (Å²) >= 11 is 0. The largest absolute Gasteiger partial charge is 0.374 e. The van der Waals surface area contributed by atoms with Crippen molar-refractivity contribution in [3.8, 4) is 0 Å². The Kier molecular flexibility index (Phi) is 5.08. The van der Waals surface area contributed by atoms with Crippen LogP contribution >= 0.6 is 0 Å². The van der Waals surface area contributed by atoms with E-state index in [1.807, 2.05) is 0 Å². The fourth-order valence-corrected chi connectivity index (χ4v) is 3.39. The van der Waals surface area contributed by atoms with Gasteiger partial charge in [0.05, 0.1) is 18.4 Å². The maximum absolute atomic E-state index is 13.5. The molecule has 0 spiro atoms. The highest BCUT2D eigenvalue weighted by Gasteiger charge is 2.46. The highest BCUT2D eigenvalue weighted by atomic mass is 19.1. The number of oxime groups is 1. The van der Waals surface area contributed by atoms with Gasteiger partial charge in [0, 0.05) is 30.5 Å². The molecule has 0 radical (unpaired) electrons. The molecule has 2 heterocycles. The second-order valence-corrected chi connectivity index (χ2v) is 7.57. The van der Waals surface area contributed by atoms with Gasteiger partial charge in [-0.2, -0.15) is 0 Å². The quantitative estimate of drug-likeness (QED) is 0.703. The van der Waals surface area contributed by atoms with Gasteiger partial charge in [0.15, 0.2) is 0 Å². The summed E-state index contributed by atoms with van der Waals surface area (Å²) < 4.78 is 32.5. The predicted molar refractivity (Wildman–Crippen MR) is 99.0 cm³/mol. The van der Waals surface area contributed by atoms with Crippen LogP contribution in [0.3, 0.4) is 0 Å². The lowest BCUT2D eigenvalue weighted by molar-refractivity contribution is -0.139. The van der Waals surface area contributed by atoms with Crippen molar-refractivity contribution in [2.24, 2.45) is 5.16 Å². The molecule has 0 unspecified atom stereocenters. The molecule has 3 atom stereocenters. The van der Waals surface area contributed by atoms with Crippen molar-refractivity contribution in [1.82, 2.24) is 10.6 Å². The molecule has 9 heteroatoms. The molecule has 2 fully saturated rings. The van der Waals surface area contributed by atoms with Crippen LogP contribution in [0.15, 0.2) is 36.0 Å². The molecule has 3 aliphatic rings. The van der Waals surface area contributed by atoms with E-state index in [4.69, 9.17) is 9.57 Å². The van der Waals surface area contributed by atoms with Gasteiger partial charge in [-0.1, -0.05) is 11.7 Å². The first kappa shape index (κ1) is 19.5. The van der Waals surface area contributed by atoms with Crippen LogP contribution in [-0.2, 0) is 19.2 Å². The van der Waals surface area contributed by atoms with Gasteiger partial charge < -0.3 is 20.2 Å². The zero-order valence-electron chi connectivity index (χ0n) is 15.6. The Labute approximate surface area is 166 Å². The summed E-state index contributed by atoms with van der Waals surface area (Å²) in [6.07, 6.45) is 2.99. The van der Waals surface area contributed by atoms with Crippen molar-refractivity contribution in [3.63, 3.8) is 0 Å². The minimum absolute atomic E-state index is 0.0234. The van der Waals surface area contributed by atoms with Gasteiger partial charge in [0.25, 0.3) is 5.91 Å². The molecule has 2 amide bonds. The van der Waals surface area contributed by atoms with Gasteiger partial charge in [-0.25, -0.2) is 8.78 Å². The molecule has 29 heavy (non-hydrogen) atoms. The normalized spacial score (nSPS) is 28.4. The van der Waals surface area contributed by atoms with E-state index >= 15 is 0 Å². The van der Waals surface area contributed by atoms with Gasteiger partial charge in [-0.05, 0) is 31.1 Å². The van der Waals surface area contributed by atoms with E-state index in [1.165, 1.54) is 6.08 Å². The van der Waals surface area contributed by atoms with Gasteiger partial charge >= 0.3 is 0 Å². The third-order valence-corrected chi connectivity index (χ3v) is 5.21. The van der Waals surface area contributed by atoms with Crippen molar-refractivity contribution < 1.29 is 27.9 Å². The number of hydrogen-bond acceptors (Lipinski definition) is 5. The zero-order chi connectivity index (χ0) is 20.6. The zero-order valence-corrected chi connectivity index (χ0v) is 15.6. The Hall–Kier alpha value is -2.81. The lowest BCUT2D eigenvalue weighted by Gasteiger charge is -2.23. The summed E-state index contributed by atoms with van der Waals surface area (Å²) in [7, 11) is 0. The van der Waals surface area contributed by atoms with Crippen LogP contribution in [0.1, 0.15) is 31.2 Å². The molecule has 1 aromatic carbocycles. The van der Waals surface area contributed by atoms with Crippen molar-refractivity contribution in [2.75, 3.05) is 6.61 Å². The van der Waals surface area contributed by atoms with Crippen LogP contribution in [0, 0.1) is 11.6 Å². The van der Waals surface area contributed by atoms with Crippen LogP contribution in [0.5, 0.6) is 0 Å². The summed E-state index contributed by atoms with van der Waals surface area (Å²) in [5.74, 6) is -2.16. The van der Waals surface area contributed by atoms with Gasteiger partial charge in [0.1, 0.15) is 17.7 Å². The number of rotatable bonds is 6. The maximum atomic E-state index is 13.5. The number of carbonyl (C=O) groups is 2. The summed E-state index contributed by atoms with van der Waals surface area (Å²) in [5.41, 5.74) is -1.06. The number of nitrogens with one attached hydrogen (secondary N) is 2. The smallest absolute Gasteiger partial charge is 0.271 e. The van der Waals surface area contributed by atoms with Crippen LogP contribution < -0.4 is 10.6 Å². The number of benzene rings is 1. The highest BCUT2D eigenvalue weighted by Crippen LogP contribution is 2.30. The first-order valence-corrected chi connectivity index (χ1v) is 9.46. The number of ether oxygens (including phenoxy) is 1. The highest BCUT2D eigenvalue weighted by molar-refractivity contribution is 6.06. The Morgan fingerprint density at radius 2 is 1.90 bits per heavy atom. The van der Waals surface area contributed by atoms with Crippen LogP contribution in [0.4, 0.5) is 8.78 Å². The monoisotopic (exact) mass is 405 g/mol. The fraction of sp³-hybridized carbons (Fsp3) is 0.450. The Balaban J connectivity index is 1.37. The minimum atomic E-state index is -1.49. The molecule has 1 saturated carbocycles. The molecule has 7 nitrogen and oxygen atoms in total. The van der Waals surface area contributed by atoms with E-state index < -0.39 is 29.2 Å². The third kappa shape index (κ3) is 4.14. The van der Waals surface area contributed by atoms with Crippen molar-refractivity contribution >= 4 is 17.5 Å². The molecule has 4 rings (SSSR count). The van der Waals surface area contributed by atoms with Gasteiger partial charge in [-0.15, -0.1) is 0 Å². The van der Waals surface area contributed by atoms with E-state index in [2.05, 4.69) is 22.4 Å². The van der Waals surface area contributed by atoms with Crippen LogP contribution in [0.2, 0.25) is 0 Å². The van der Waals surface area contributed by atoms with E-state index in [0.717, 1.165) is 31.0 Å². The molecule has 2 N–H and O–H groups in total. The minimum Gasteiger partial charge on any atom is -0.374 e. The summed E-state index contributed by atoms with van der Waals surface area (Å²) in [6.45, 7) is 3.85. The number of carbonyl (C=O) groups excluding carboxylic acids is 2. The summed E-state index contributed by atoms with van der Waals surface area (Å²) in [5, 5.41) is 9.53.